The van der Waals surface area contributed by atoms with E-state index < -0.39 is 0 Å². The van der Waals surface area contributed by atoms with Gasteiger partial charge in [0.15, 0.2) is 0 Å². The van der Waals surface area contributed by atoms with Gasteiger partial charge in [-0.3, -0.25) is 0 Å². The molecule has 0 amide bonds. The fourth-order valence-corrected chi connectivity index (χ4v) is 1.77. The van der Waals surface area contributed by atoms with Crippen molar-refractivity contribution in [3.05, 3.63) is 21.6 Å². The number of aromatic nitrogens is 2. The van der Waals surface area contributed by atoms with E-state index in [1.807, 2.05) is 6.92 Å². The van der Waals surface area contributed by atoms with Gasteiger partial charge in [0.25, 0.3) is 0 Å². The van der Waals surface area contributed by atoms with Gasteiger partial charge >= 0.3 is 86.2 Å². The molecule has 0 spiro atoms. The number of unbranched alkanes of at least 4 members (excludes halogenated alkanes) is 1. The molecule has 2 radical (unpaired) electrons. The summed E-state index contributed by atoms with van der Waals surface area (Å²) in [5.41, 5.74) is 1.70. The maximum atomic E-state index is 11.5. The Labute approximate surface area is 86.5 Å². The molecular weight excluding hydrogens is 227 g/mol. The summed E-state index contributed by atoms with van der Waals surface area (Å²) in [6.07, 6.45) is 2.98. The first-order valence-corrected chi connectivity index (χ1v) is 5.37. The van der Waals surface area contributed by atoms with Crippen LogP contribution in [0.1, 0.15) is 31.0 Å². The molecule has 1 rings (SSSR count). The van der Waals surface area contributed by atoms with Crippen molar-refractivity contribution < 1.29 is 0 Å². The van der Waals surface area contributed by atoms with Crippen LogP contribution in [0.5, 0.6) is 0 Å². The zero-order valence-corrected chi connectivity index (χ0v) is 9.80. The van der Waals surface area contributed by atoms with Crippen molar-refractivity contribution in [2.24, 2.45) is 0 Å². The summed E-state index contributed by atoms with van der Waals surface area (Å²) in [6.45, 7) is 4.00. The van der Waals surface area contributed by atoms with Crippen LogP contribution in [0.2, 0.25) is 0 Å². The average molecular weight is 240 g/mol. The first kappa shape index (κ1) is 10.5. The Morgan fingerprint density at radius 2 is 2.23 bits per heavy atom. The number of aryl methyl sites for hydroxylation is 1. The molecular formula is C9H13AsN2O. The fraction of sp³-hybridized carbons (Fsp3) is 0.556. The normalized spacial score (nSPS) is 10.4. The van der Waals surface area contributed by atoms with Gasteiger partial charge in [-0.2, -0.15) is 0 Å². The molecule has 0 saturated carbocycles. The number of hydrogen-bond acceptors (Lipinski definition) is 2. The quantitative estimate of drug-likeness (QED) is 0.768. The molecule has 0 aromatic carbocycles. The van der Waals surface area contributed by atoms with E-state index in [4.69, 9.17) is 0 Å². The predicted molar refractivity (Wildman–Crippen MR) is 53.6 cm³/mol. The Balaban J connectivity index is 2.99. The molecule has 1 aromatic rings. The predicted octanol–water partition coefficient (Wildman–Crippen LogP) is 0.215. The van der Waals surface area contributed by atoms with Crippen LogP contribution in [0.15, 0.2) is 4.79 Å². The number of hydrogen-bond donors (Lipinski definition) is 1. The fourth-order valence-electron chi connectivity index (χ4n) is 1.24. The molecule has 0 atom stereocenters. The van der Waals surface area contributed by atoms with Crippen molar-refractivity contribution >= 4 is 21.5 Å². The summed E-state index contributed by atoms with van der Waals surface area (Å²) in [7, 11) is 0. The van der Waals surface area contributed by atoms with Crippen LogP contribution in [0.25, 0.3) is 0 Å². The number of H-pyrrole nitrogens is 1. The summed E-state index contributed by atoms with van der Waals surface area (Å²) < 4.78 is 0.634. The van der Waals surface area contributed by atoms with E-state index in [9.17, 15) is 4.79 Å². The molecule has 3 nitrogen and oxygen atoms in total. The van der Waals surface area contributed by atoms with Gasteiger partial charge in [0, 0.05) is 0 Å². The van der Waals surface area contributed by atoms with Crippen LogP contribution >= 0.6 is 0 Å². The summed E-state index contributed by atoms with van der Waals surface area (Å²) >= 11 is 2.25. The van der Waals surface area contributed by atoms with Crippen LogP contribution in [-0.2, 0) is 6.42 Å². The number of rotatable bonds is 3. The van der Waals surface area contributed by atoms with Gasteiger partial charge in [0.1, 0.15) is 0 Å². The molecule has 1 N–H and O–H groups in total. The number of nitrogens with zero attached hydrogens (tertiary/aromatic N) is 1. The summed E-state index contributed by atoms with van der Waals surface area (Å²) in [4.78, 5) is 18.4. The Morgan fingerprint density at radius 1 is 1.54 bits per heavy atom. The molecule has 4 heteroatoms. The van der Waals surface area contributed by atoms with Crippen molar-refractivity contribution in [3.63, 3.8) is 0 Å². The van der Waals surface area contributed by atoms with Crippen molar-refractivity contribution in [3.8, 4) is 0 Å². The average Bonchev–Trinajstić information content (AvgIpc) is 2.02. The van der Waals surface area contributed by atoms with E-state index in [0.717, 1.165) is 30.5 Å². The maximum absolute atomic E-state index is 11.5. The summed E-state index contributed by atoms with van der Waals surface area (Å²) in [5, 5.41) is 0. The first-order valence-electron chi connectivity index (χ1n) is 4.44. The second-order valence-electron chi connectivity index (χ2n) is 3.06. The SMILES string of the molecule is CCCCc1c(C)nc([As])[nH]c1=O. The van der Waals surface area contributed by atoms with Gasteiger partial charge in [-0.1, -0.05) is 0 Å². The molecule has 1 aromatic heterocycles. The second kappa shape index (κ2) is 4.61. The first-order chi connectivity index (χ1) is 6.15. The molecule has 0 unspecified atom stereocenters. The molecule has 70 valence electrons. The molecule has 13 heavy (non-hydrogen) atoms. The van der Waals surface area contributed by atoms with Crippen LogP contribution in [-0.4, -0.2) is 26.8 Å². The van der Waals surface area contributed by atoms with Crippen LogP contribution in [0.3, 0.4) is 0 Å². The minimum atomic E-state index is 0.0107. The van der Waals surface area contributed by atoms with E-state index in [2.05, 4.69) is 33.7 Å². The summed E-state index contributed by atoms with van der Waals surface area (Å²) in [5.74, 6) is 0. The van der Waals surface area contributed by atoms with Gasteiger partial charge in [-0.05, 0) is 0 Å². The Morgan fingerprint density at radius 3 is 2.77 bits per heavy atom. The molecule has 0 saturated heterocycles. The van der Waals surface area contributed by atoms with Crippen LogP contribution in [0, 0.1) is 6.92 Å². The third-order valence-corrected chi connectivity index (χ3v) is 2.43. The van der Waals surface area contributed by atoms with Crippen LogP contribution in [0.4, 0.5) is 0 Å². The van der Waals surface area contributed by atoms with Gasteiger partial charge < -0.3 is 0 Å². The third-order valence-electron chi connectivity index (χ3n) is 1.99. The van der Waals surface area contributed by atoms with Gasteiger partial charge in [-0.15, -0.1) is 0 Å². The van der Waals surface area contributed by atoms with Gasteiger partial charge in [0.05, 0.1) is 0 Å². The van der Waals surface area contributed by atoms with Crippen molar-refractivity contribution in [2.75, 3.05) is 0 Å². The topological polar surface area (TPSA) is 45.8 Å². The van der Waals surface area contributed by atoms with Gasteiger partial charge in [0.2, 0.25) is 0 Å². The molecule has 1 heterocycles. The number of aromatic amines is 1. The van der Waals surface area contributed by atoms with Crippen molar-refractivity contribution in [2.45, 2.75) is 33.1 Å². The third kappa shape index (κ3) is 2.70. The molecule has 0 aliphatic heterocycles. The molecule has 0 aliphatic rings. The zero-order chi connectivity index (χ0) is 9.84. The minimum absolute atomic E-state index is 0.0107. The van der Waals surface area contributed by atoms with E-state index in [1.54, 1.807) is 0 Å². The Bertz CT molecular complexity index is 346. The van der Waals surface area contributed by atoms with E-state index in [1.165, 1.54) is 0 Å². The Hall–Kier alpha value is -0.562. The van der Waals surface area contributed by atoms with Crippen molar-refractivity contribution in [1.29, 1.82) is 0 Å². The molecule has 0 aliphatic carbocycles. The van der Waals surface area contributed by atoms with E-state index in [0.29, 0.717) is 4.61 Å². The van der Waals surface area contributed by atoms with Crippen LogP contribution < -0.4 is 10.2 Å². The zero-order valence-electron chi connectivity index (χ0n) is 7.92. The second-order valence-corrected chi connectivity index (χ2v) is 3.95. The molecule has 0 bridgehead atoms. The van der Waals surface area contributed by atoms with E-state index in [-0.39, 0.29) is 5.56 Å². The number of nitrogens with one attached hydrogen (secondary N) is 1. The standard InChI is InChI=1S/C9H13AsN2O/c1-3-4-5-7-6(2)11-9(10)12-8(7)13/h3-5H2,1-2H3,(H,11,12,13). The van der Waals surface area contributed by atoms with Gasteiger partial charge in [-0.25, -0.2) is 0 Å². The molecule has 0 fully saturated rings. The monoisotopic (exact) mass is 240 g/mol. The Kier molecular flexibility index (Phi) is 3.73. The van der Waals surface area contributed by atoms with Crippen molar-refractivity contribution in [1.82, 2.24) is 9.97 Å². The van der Waals surface area contributed by atoms with E-state index >= 15 is 0 Å². The summed E-state index contributed by atoms with van der Waals surface area (Å²) in [6, 6.07) is 0.